The molecule has 0 aliphatic carbocycles. The summed E-state index contributed by atoms with van der Waals surface area (Å²) in [6.07, 6.45) is 3.01. The van der Waals surface area contributed by atoms with Crippen molar-refractivity contribution in [1.29, 1.82) is 0 Å². The zero-order chi connectivity index (χ0) is 20.2. The number of thiazole rings is 1. The molecule has 0 saturated carbocycles. The van der Waals surface area contributed by atoms with Crippen molar-refractivity contribution >= 4 is 32.6 Å². The van der Waals surface area contributed by atoms with E-state index in [2.05, 4.69) is 36.2 Å². The third-order valence-corrected chi connectivity index (χ3v) is 5.93. The minimum atomic E-state index is 0.0263. The number of hydrogen-bond donors (Lipinski definition) is 0. The van der Waals surface area contributed by atoms with Gasteiger partial charge >= 0.3 is 0 Å². The minimum Gasteiger partial charge on any atom is -0.282 e. The zero-order valence-electron chi connectivity index (χ0n) is 16.6. The van der Waals surface area contributed by atoms with Gasteiger partial charge in [-0.1, -0.05) is 66.3 Å². The van der Waals surface area contributed by atoms with Crippen LogP contribution in [-0.2, 0) is 24.2 Å². The lowest BCUT2D eigenvalue weighted by Crippen LogP contribution is -2.32. The van der Waals surface area contributed by atoms with Gasteiger partial charge in [0.1, 0.15) is 0 Å². The van der Waals surface area contributed by atoms with Crippen LogP contribution < -0.4 is 4.90 Å². The summed E-state index contributed by atoms with van der Waals surface area (Å²) in [5.74, 6) is 0.0263. The Balaban J connectivity index is 1.71. The van der Waals surface area contributed by atoms with Gasteiger partial charge in [0, 0.05) is 6.20 Å². The monoisotopic (exact) mass is 401 g/mol. The Morgan fingerprint density at radius 3 is 2.69 bits per heavy atom. The summed E-state index contributed by atoms with van der Waals surface area (Å²) in [5.41, 5.74) is 5.20. The van der Waals surface area contributed by atoms with Crippen molar-refractivity contribution in [2.75, 3.05) is 4.90 Å². The number of carbonyl (C=O) groups is 1. The molecular formula is C24H23N3OS. The first-order valence-corrected chi connectivity index (χ1v) is 10.6. The van der Waals surface area contributed by atoms with Gasteiger partial charge in [-0.3, -0.25) is 14.7 Å². The molecule has 146 valence electrons. The van der Waals surface area contributed by atoms with Crippen LogP contribution in [0, 0.1) is 6.92 Å². The van der Waals surface area contributed by atoms with E-state index in [1.54, 1.807) is 22.4 Å². The SMILES string of the molecule is CCc1cccc2sc(N(Cc3ccccn3)C(=O)Cc3cccc(C)c3)nc12. The van der Waals surface area contributed by atoms with Crippen molar-refractivity contribution in [3.63, 3.8) is 0 Å². The van der Waals surface area contributed by atoms with Crippen molar-refractivity contribution < 1.29 is 4.79 Å². The largest absolute Gasteiger partial charge is 0.282 e. The number of aromatic nitrogens is 2. The maximum atomic E-state index is 13.3. The average Bonchev–Trinajstić information content (AvgIpc) is 3.16. The smallest absolute Gasteiger partial charge is 0.233 e. The Bertz CT molecular complexity index is 1140. The van der Waals surface area contributed by atoms with Crippen molar-refractivity contribution in [2.24, 2.45) is 0 Å². The molecule has 0 fully saturated rings. The van der Waals surface area contributed by atoms with Crippen LogP contribution in [-0.4, -0.2) is 15.9 Å². The van der Waals surface area contributed by atoms with Crippen LogP contribution in [0.5, 0.6) is 0 Å². The molecule has 2 heterocycles. The molecule has 29 heavy (non-hydrogen) atoms. The van der Waals surface area contributed by atoms with Gasteiger partial charge in [-0.2, -0.15) is 0 Å². The highest BCUT2D eigenvalue weighted by molar-refractivity contribution is 7.22. The zero-order valence-corrected chi connectivity index (χ0v) is 17.4. The van der Waals surface area contributed by atoms with Gasteiger partial charge in [-0.05, 0) is 42.7 Å². The van der Waals surface area contributed by atoms with E-state index in [1.807, 2.05) is 43.3 Å². The molecule has 4 nitrogen and oxygen atoms in total. The number of carbonyl (C=O) groups excluding carboxylic acids is 1. The van der Waals surface area contributed by atoms with Crippen LogP contribution in [0.1, 0.15) is 29.3 Å². The first-order valence-electron chi connectivity index (χ1n) is 9.78. The van der Waals surface area contributed by atoms with Gasteiger partial charge in [0.25, 0.3) is 0 Å². The molecule has 0 aliphatic rings. The van der Waals surface area contributed by atoms with Gasteiger partial charge in [-0.15, -0.1) is 0 Å². The lowest BCUT2D eigenvalue weighted by Gasteiger charge is -2.19. The number of amides is 1. The molecule has 0 unspecified atom stereocenters. The molecule has 0 aliphatic heterocycles. The van der Waals surface area contributed by atoms with E-state index in [0.29, 0.717) is 13.0 Å². The highest BCUT2D eigenvalue weighted by Gasteiger charge is 2.21. The second-order valence-electron chi connectivity index (χ2n) is 7.08. The second-order valence-corrected chi connectivity index (χ2v) is 8.09. The third kappa shape index (κ3) is 4.35. The molecule has 4 rings (SSSR count). The fourth-order valence-corrected chi connectivity index (χ4v) is 4.43. The molecule has 2 aromatic heterocycles. The number of aryl methyl sites for hydroxylation is 2. The fourth-order valence-electron chi connectivity index (χ4n) is 3.40. The first kappa shape index (κ1) is 19.3. The Morgan fingerprint density at radius 1 is 1.07 bits per heavy atom. The van der Waals surface area contributed by atoms with E-state index in [9.17, 15) is 4.79 Å². The lowest BCUT2D eigenvalue weighted by atomic mass is 10.1. The number of hydrogen-bond acceptors (Lipinski definition) is 4. The highest BCUT2D eigenvalue weighted by Crippen LogP contribution is 2.32. The molecule has 0 N–H and O–H groups in total. The van der Waals surface area contributed by atoms with E-state index >= 15 is 0 Å². The van der Waals surface area contributed by atoms with Crippen molar-refractivity contribution in [3.05, 3.63) is 89.2 Å². The number of anilines is 1. The van der Waals surface area contributed by atoms with Gasteiger partial charge in [0.05, 0.1) is 28.9 Å². The molecule has 0 saturated heterocycles. The van der Waals surface area contributed by atoms with E-state index in [-0.39, 0.29) is 5.91 Å². The van der Waals surface area contributed by atoms with Gasteiger partial charge in [0.15, 0.2) is 5.13 Å². The van der Waals surface area contributed by atoms with Gasteiger partial charge in [-0.25, -0.2) is 4.98 Å². The molecular weight excluding hydrogens is 378 g/mol. The molecule has 0 bridgehead atoms. The predicted molar refractivity (Wildman–Crippen MR) is 119 cm³/mol. The second kappa shape index (κ2) is 8.53. The van der Waals surface area contributed by atoms with E-state index in [4.69, 9.17) is 4.98 Å². The Kier molecular flexibility index (Phi) is 5.67. The van der Waals surface area contributed by atoms with Gasteiger partial charge < -0.3 is 0 Å². The quantitative estimate of drug-likeness (QED) is 0.438. The third-order valence-electron chi connectivity index (χ3n) is 4.89. The molecule has 2 aromatic carbocycles. The van der Waals surface area contributed by atoms with Crippen LogP contribution in [0.3, 0.4) is 0 Å². The van der Waals surface area contributed by atoms with E-state index < -0.39 is 0 Å². The number of nitrogens with zero attached hydrogens (tertiary/aromatic N) is 3. The number of benzene rings is 2. The predicted octanol–water partition coefficient (Wildman–Crippen LogP) is 5.34. The van der Waals surface area contributed by atoms with Crippen LogP contribution in [0.2, 0.25) is 0 Å². The Labute approximate surface area is 174 Å². The summed E-state index contributed by atoms with van der Waals surface area (Å²) in [6.45, 7) is 4.58. The number of pyridine rings is 1. The van der Waals surface area contributed by atoms with Crippen LogP contribution in [0.25, 0.3) is 10.2 Å². The summed E-state index contributed by atoms with van der Waals surface area (Å²) < 4.78 is 1.11. The summed E-state index contributed by atoms with van der Waals surface area (Å²) >= 11 is 1.56. The van der Waals surface area contributed by atoms with E-state index in [0.717, 1.165) is 38.6 Å². The summed E-state index contributed by atoms with van der Waals surface area (Å²) in [4.78, 5) is 24.4. The highest BCUT2D eigenvalue weighted by atomic mass is 32.1. The number of fused-ring (bicyclic) bond motifs is 1. The normalized spacial score (nSPS) is 11.0. The van der Waals surface area contributed by atoms with Crippen molar-refractivity contribution in [2.45, 2.75) is 33.2 Å². The number of rotatable bonds is 6. The number of para-hydroxylation sites is 1. The standard InChI is InChI=1S/C24H23N3OS/c1-3-19-10-7-12-21-23(19)26-24(29-21)27(16-20-11-4-5-13-25-20)22(28)15-18-9-6-8-17(2)14-18/h4-14H,3,15-16H2,1-2H3. The van der Waals surface area contributed by atoms with Crippen LogP contribution in [0.15, 0.2) is 66.9 Å². The van der Waals surface area contributed by atoms with Crippen LogP contribution in [0.4, 0.5) is 5.13 Å². The minimum absolute atomic E-state index is 0.0263. The Hall–Kier alpha value is -3.05. The Morgan fingerprint density at radius 2 is 1.93 bits per heavy atom. The average molecular weight is 402 g/mol. The molecule has 0 radical (unpaired) electrons. The first-order chi connectivity index (χ1) is 14.1. The van der Waals surface area contributed by atoms with Gasteiger partial charge in [0.2, 0.25) is 5.91 Å². The maximum Gasteiger partial charge on any atom is 0.233 e. The van der Waals surface area contributed by atoms with Crippen molar-refractivity contribution in [3.8, 4) is 0 Å². The summed E-state index contributed by atoms with van der Waals surface area (Å²) in [6, 6.07) is 20.1. The molecule has 4 aromatic rings. The summed E-state index contributed by atoms with van der Waals surface area (Å²) in [7, 11) is 0. The van der Waals surface area contributed by atoms with Crippen molar-refractivity contribution in [1.82, 2.24) is 9.97 Å². The maximum absolute atomic E-state index is 13.3. The summed E-state index contributed by atoms with van der Waals surface area (Å²) in [5, 5.41) is 0.726. The molecule has 0 spiro atoms. The van der Waals surface area contributed by atoms with Crippen LogP contribution >= 0.6 is 11.3 Å². The molecule has 1 amide bonds. The topological polar surface area (TPSA) is 46.1 Å². The fraction of sp³-hybridized carbons (Fsp3) is 0.208. The lowest BCUT2D eigenvalue weighted by molar-refractivity contribution is -0.118. The molecule has 0 atom stereocenters. The van der Waals surface area contributed by atoms with E-state index in [1.165, 1.54) is 5.56 Å². The molecule has 5 heteroatoms.